The Labute approximate surface area is 98.2 Å². The molecule has 17 heavy (non-hydrogen) atoms. The molecule has 0 saturated heterocycles. The van der Waals surface area contributed by atoms with Gasteiger partial charge in [-0.1, -0.05) is 12.1 Å². The number of carboxylic acids is 1. The van der Waals surface area contributed by atoms with Gasteiger partial charge in [-0.3, -0.25) is 9.59 Å². The first-order valence-electron chi connectivity index (χ1n) is 5.15. The number of nitrogens with two attached hydrogens (primary N) is 1. The van der Waals surface area contributed by atoms with Gasteiger partial charge >= 0.3 is 5.97 Å². The van der Waals surface area contributed by atoms with E-state index >= 15 is 0 Å². The maximum atomic E-state index is 11.6. The van der Waals surface area contributed by atoms with Gasteiger partial charge in [0.25, 0.3) is 0 Å². The monoisotopic (exact) mass is 235 g/mol. The van der Waals surface area contributed by atoms with Crippen LogP contribution >= 0.6 is 0 Å². The van der Waals surface area contributed by atoms with Gasteiger partial charge in [-0.05, 0) is 18.6 Å². The lowest BCUT2D eigenvalue weighted by Gasteiger charge is -2.01. The van der Waals surface area contributed by atoms with Crippen molar-refractivity contribution < 1.29 is 19.5 Å². The van der Waals surface area contributed by atoms with E-state index in [2.05, 4.69) is 0 Å². The molecule has 5 nitrogen and oxygen atoms in total. The van der Waals surface area contributed by atoms with Crippen LogP contribution in [0, 0.1) is 0 Å². The molecule has 0 aliphatic heterocycles. The van der Waals surface area contributed by atoms with Crippen molar-refractivity contribution in [2.45, 2.75) is 19.3 Å². The van der Waals surface area contributed by atoms with Crippen LogP contribution in [-0.2, 0) is 4.79 Å². The van der Waals surface area contributed by atoms with E-state index in [9.17, 15) is 14.4 Å². The molecule has 1 aromatic rings. The Bertz CT molecular complexity index is 436. The zero-order valence-corrected chi connectivity index (χ0v) is 9.18. The van der Waals surface area contributed by atoms with Crippen molar-refractivity contribution in [1.29, 1.82) is 0 Å². The summed E-state index contributed by atoms with van der Waals surface area (Å²) in [6.45, 7) is 0. The molecular formula is C12H13NO4. The van der Waals surface area contributed by atoms with E-state index in [0.717, 1.165) is 0 Å². The number of aromatic carboxylic acids is 1. The molecule has 3 N–H and O–H groups in total. The number of rotatable bonds is 6. The third-order valence-electron chi connectivity index (χ3n) is 2.28. The largest absolute Gasteiger partial charge is 0.478 e. The van der Waals surface area contributed by atoms with Crippen molar-refractivity contribution in [3.05, 3.63) is 35.4 Å². The predicted octanol–water partition coefficient (Wildman–Crippen LogP) is 1.22. The van der Waals surface area contributed by atoms with Crippen molar-refractivity contribution in [2.75, 3.05) is 0 Å². The minimum atomic E-state index is -1.03. The third kappa shape index (κ3) is 4.06. The van der Waals surface area contributed by atoms with E-state index in [1.807, 2.05) is 0 Å². The van der Waals surface area contributed by atoms with Crippen molar-refractivity contribution in [2.24, 2.45) is 5.73 Å². The Kier molecular flexibility index (Phi) is 4.39. The zero-order chi connectivity index (χ0) is 12.8. The smallest absolute Gasteiger partial charge is 0.335 e. The molecule has 0 spiro atoms. The van der Waals surface area contributed by atoms with Crippen molar-refractivity contribution in [3.8, 4) is 0 Å². The maximum Gasteiger partial charge on any atom is 0.335 e. The van der Waals surface area contributed by atoms with Gasteiger partial charge in [0, 0.05) is 18.4 Å². The molecule has 1 aromatic carbocycles. The predicted molar refractivity (Wildman–Crippen MR) is 60.8 cm³/mol. The molecule has 0 fully saturated rings. The van der Waals surface area contributed by atoms with E-state index in [1.165, 1.54) is 24.3 Å². The first kappa shape index (κ1) is 12.9. The molecule has 0 radical (unpaired) electrons. The summed E-state index contributed by atoms with van der Waals surface area (Å²) >= 11 is 0. The molecule has 1 amide bonds. The average Bonchev–Trinajstić information content (AvgIpc) is 2.28. The van der Waals surface area contributed by atoms with Gasteiger partial charge in [0.1, 0.15) is 0 Å². The Hall–Kier alpha value is -2.17. The number of carboxylic acid groups (broad SMARTS) is 1. The van der Waals surface area contributed by atoms with Crippen LogP contribution in [0.15, 0.2) is 24.3 Å². The third-order valence-corrected chi connectivity index (χ3v) is 2.28. The van der Waals surface area contributed by atoms with Gasteiger partial charge < -0.3 is 10.8 Å². The molecule has 0 heterocycles. The highest BCUT2D eigenvalue weighted by atomic mass is 16.4. The molecular weight excluding hydrogens is 222 g/mol. The summed E-state index contributed by atoms with van der Waals surface area (Å²) in [7, 11) is 0. The van der Waals surface area contributed by atoms with E-state index in [0.29, 0.717) is 12.0 Å². The number of carbonyl (C=O) groups is 3. The second kappa shape index (κ2) is 5.79. The van der Waals surface area contributed by atoms with Crippen LogP contribution in [0.25, 0.3) is 0 Å². The minimum Gasteiger partial charge on any atom is -0.478 e. The summed E-state index contributed by atoms with van der Waals surface area (Å²) in [5, 5.41) is 8.68. The van der Waals surface area contributed by atoms with Crippen LogP contribution in [0.1, 0.15) is 40.0 Å². The fourth-order valence-electron chi connectivity index (χ4n) is 1.37. The number of amides is 1. The number of hydrogen-bond acceptors (Lipinski definition) is 3. The summed E-state index contributed by atoms with van der Waals surface area (Å²) in [4.78, 5) is 32.7. The van der Waals surface area contributed by atoms with Crippen LogP contribution < -0.4 is 5.73 Å². The molecule has 90 valence electrons. The van der Waals surface area contributed by atoms with Gasteiger partial charge in [-0.2, -0.15) is 0 Å². The fourth-order valence-corrected chi connectivity index (χ4v) is 1.37. The number of carbonyl (C=O) groups excluding carboxylic acids is 2. The van der Waals surface area contributed by atoms with E-state index in [-0.39, 0.29) is 24.2 Å². The Morgan fingerprint density at radius 3 is 2.00 bits per heavy atom. The lowest BCUT2D eigenvalue weighted by Crippen LogP contribution is -2.11. The lowest BCUT2D eigenvalue weighted by atomic mass is 10.0. The van der Waals surface area contributed by atoms with E-state index in [4.69, 9.17) is 10.8 Å². The van der Waals surface area contributed by atoms with Crippen LogP contribution in [0.5, 0.6) is 0 Å². The molecule has 0 aliphatic carbocycles. The summed E-state index contributed by atoms with van der Waals surface area (Å²) in [6.07, 6.45) is 0.823. The van der Waals surface area contributed by atoms with Crippen molar-refractivity contribution in [3.63, 3.8) is 0 Å². The van der Waals surface area contributed by atoms with Crippen LogP contribution in [0.2, 0.25) is 0 Å². The normalized spacial score (nSPS) is 9.88. The second-order valence-electron chi connectivity index (χ2n) is 3.63. The summed E-state index contributed by atoms with van der Waals surface area (Å²) < 4.78 is 0. The standard InChI is InChI=1S/C12H13NO4/c13-11(15)3-1-2-10(14)8-4-6-9(7-5-8)12(16)17/h4-7H,1-3H2,(H2,13,15)(H,16,17). The van der Waals surface area contributed by atoms with Gasteiger partial charge in [0.05, 0.1) is 5.56 Å². The highest BCUT2D eigenvalue weighted by Gasteiger charge is 2.08. The quantitative estimate of drug-likeness (QED) is 0.724. The number of Topliss-reactive ketones (excluding diaryl/α,β-unsaturated/α-hetero) is 1. The highest BCUT2D eigenvalue weighted by molar-refractivity contribution is 5.97. The summed E-state index contributed by atoms with van der Waals surface area (Å²) in [5.74, 6) is -1.58. The highest BCUT2D eigenvalue weighted by Crippen LogP contribution is 2.09. The maximum absolute atomic E-state index is 11.6. The van der Waals surface area contributed by atoms with Gasteiger partial charge in [0.15, 0.2) is 5.78 Å². The molecule has 0 bridgehead atoms. The van der Waals surface area contributed by atoms with E-state index in [1.54, 1.807) is 0 Å². The molecule has 5 heteroatoms. The Balaban J connectivity index is 2.57. The first-order chi connectivity index (χ1) is 8.00. The van der Waals surface area contributed by atoms with Crippen LogP contribution in [-0.4, -0.2) is 22.8 Å². The molecule has 0 atom stereocenters. The summed E-state index contributed by atoms with van der Waals surface area (Å²) in [6, 6.07) is 5.69. The SMILES string of the molecule is NC(=O)CCCC(=O)c1ccc(C(=O)O)cc1. The second-order valence-corrected chi connectivity index (χ2v) is 3.63. The average molecular weight is 235 g/mol. The summed E-state index contributed by atoms with van der Waals surface area (Å²) in [5.41, 5.74) is 5.54. The fraction of sp³-hybridized carbons (Fsp3) is 0.250. The number of ketones is 1. The van der Waals surface area contributed by atoms with Crippen LogP contribution in [0.4, 0.5) is 0 Å². The first-order valence-corrected chi connectivity index (χ1v) is 5.15. The Morgan fingerprint density at radius 2 is 1.53 bits per heavy atom. The van der Waals surface area contributed by atoms with Gasteiger partial charge in [-0.15, -0.1) is 0 Å². The molecule has 1 rings (SSSR count). The number of benzene rings is 1. The van der Waals surface area contributed by atoms with Gasteiger partial charge in [0.2, 0.25) is 5.91 Å². The van der Waals surface area contributed by atoms with Crippen molar-refractivity contribution in [1.82, 2.24) is 0 Å². The van der Waals surface area contributed by atoms with E-state index < -0.39 is 11.9 Å². The molecule has 0 aliphatic rings. The van der Waals surface area contributed by atoms with Gasteiger partial charge in [-0.25, -0.2) is 4.79 Å². The number of hydrogen-bond donors (Lipinski definition) is 2. The topological polar surface area (TPSA) is 97.5 Å². The minimum absolute atomic E-state index is 0.122. The lowest BCUT2D eigenvalue weighted by molar-refractivity contribution is -0.118. The Morgan fingerprint density at radius 1 is 1.00 bits per heavy atom. The van der Waals surface area contributed by atoms with Crippen molar-refractivity contribution >= 4 is 17.7 Å². The molecule has 0 saturated carbocycles. The van der Waals surface area contributed by atoms with Crippen LogP contribution in [0.3, 0.4) is 0 Å². The molecule has 0 aromatic heterocycles. The molecule has 0 unspecified atom stereocenters. The number of primary amides is 1. The zero-order valence-electron chi connectivity index (χ0n) is 9.18.